The molecule has 2 rings (SSSR count). The maximum absolute atomic E-state index is 5.66. The van der Waals surface area contributed by atoms with Crippen LogP contribution in [0.1, 0.15) is 0 Å². The zero-order valence-corrected chi connectivity index (χ0v) is 7.71. The first-order chi connectivity index (χ1) is 4.33. The summed E-state index contributed by atoms with van der Waals surface area (Å²) in [5, 5.41) is 0. The van der Waals surface area contributed by atoms with Crippen LogP contribution >= 0.6 is 0 Å². The molecule has 2 nitrogen and oxygen atoms in total. The predicted molar refractivity (Wildman–Crippen MR) is 32.5 cm³/mol. The first-order valence-corrected chi connectivity index (χ1v) is 5.82. The van der Waals surface area contributed by atoms with Gasteiger partial charge in [-0.25, -0.2) is 0 Å². The van der Waals surface area contributed by atoms with E-state index in [2.05, 4.69) is 11.9 Å². The minimum atomic E-state index is 0.0772. The van der Waals surface area contributed by atoms with Crippen LogP contribution in [0.3, 0.4) is 0 Å². The van der Waals surface area contributed by atoms with E-state index in [1.54, 1.807) is 0 Å². The van der Waals surface area contributed by atoms with Gasteiger partial charge in [0.1, 0.15) is 0 Å². The molecule has 1 saturated heterocycles. The summed E-state index contributed by atoms with van der Waals surface area (Å²) < 4.78 is 6.66. The number of nitrogens with two attached hydrogens (primary N) is 1. The first kappa shape index (κ1) is 6.37. The van der Waals surface area contributed by atoms with Gasteiger partial charge in [0, 0.05) is 0 Å². The average Bonchev–Trinajstić information content (AvgIpc) is 2.30. The van der Waals surface area contributed by atoms with Gasteiger partial charge in [0.2, 0.25) is 0 Å². The molecule has 0 bridgehead atoms. The number of piperidine rings is 1. The van der Waals surface area contributed by atoms with E-state index in [4.69, 9.17) is 3.95 Å². The molecule has 0 radical (unpaired) electrons. The van der Waals surface area contributed by atoms with Crippen molar-refractivity contribution in [2.24, 2.45) is 15.8 Å². The number of halogens is 1. The quantitative estimate of drug-likeness (QED) is 0.292. The molecule has 2 unspecified atom stereocenters. The first-order valence-electron chi connectivity index (χ1n) is 3.33. The summed E-state index contributed by atoms with van der Waals surface area (Å²) >= 11 is 0.0772. The SMILES string of the molecule is CN1CC2C(C1)C2[I-]N. The van der Waals surface area contributed by atoms with E-state index in [1.165, 1.54) is 13.1 Å². The summed E-state index contributed by atoms with van der Waals surface area (Å²) in [4.78, 5) is 2.42. The van der Waals surface area contributed by atoms with Gasteiger partial charge in [-0.1, -0.05) is 0 Å². The Labute approximate surface area is 66.4 Å². The van der Waals surface area contributed by atoms with Crippen molar-refractivity contribution in [3.05, 3.63) is 0 Å². The van der Waals surface area contributed by atoms with Crippen molar-refractivity contribution in [3.63, 3.8) is 0 Å². The predicted octanol–water partition coefficient (Wildman–Crippen LogP) is -3.49. The number of nitrogens with zero attached hydrogens (tertiary/aromatic N) is 1. The zero-order valence-electron chi connectivity index (χ0n) is 5.55. The van der Waals surface area contributed by atoms with Gasteiger partial charge in [0.05, 0.1) is 0 Å². The molecule has 0 aromatic carbocycles. The molecule has 1 heterocycles. The Kier molecular flexibility index (Phi) is 1.46. The van der Waals surface area contributed by atoms with Crippen molar-refractivity contribution in [3.8, 4) is 0 Å². The Bertz CT molecular complexity index is 116. The van der Waals surface area contributed by atoms with Crippen molar-refractivity contribution >= 4 is 0 Å². The van der Waals surface area contributed by atoms with Gasteiger partial charge in [-0.05, 0) is 0 Å². The van der Waals surface area contributed by atoms with Crippen molar-refractivity contribution in [1.29, 1.82) is 0 Å². The molecule has 0 aromatic heterocycles. The fourth-order valence-corrected chi connectivity index (χ4v) is 4.20. The molecule has 1 aliphatic carbocycles. The van der Waals surface area contributed by atoms with Crippen LogP contribution < -0.4 is 25.4 Å². The monoisotopic (exact) mass is 239 g/mol. The molecule has 2 aliphatic rings. The Morgan fingerprint density at radius 1 is 1.44 bits per heavy atom. The van der Waals surface area contributed by atoms with E-state index < -0.39 is 0 Å². The van der Waals surface area contributed by atoms with E-state index in [0.29, 0.717) is 0 Å². The Balaban J connectivity index is 1.91. The third-order valence-corrected chi connectivity index (χ3v) is 5.10. The number of hydrogen-bond donors (Lipinski definition) is 1. The van der Waals surface area contributed by atoms with Gasteiger partial charge in [-0.3, -0.25) is 0 Å². The number of rotatable bonds is 1. The molecule has 1 aliphatic heterocycles. The molecule has 3 heteroatoms. The number of alkyl halides is 1. The Morgan fingerprint density at radius 3 is 2.44 bits per heavy atom. The summed E-state index contributed by atoms with van der Waals surface area (Å²) in [6.07, 6.45) is 0. The van der Waals surface area contributed by atoms with Crippen molar-refractivity contribution < 1.29 is 21.5 Å². The number of hydrogen-bond acceptors (Lipinski definition) is 2. The van der Waals surface area contributed by atoms with Gasteiger partial charge < -0.3 is 0 Å². The van der Waals surface area contributed by atoms with Gasteiger partial charge in [-0.2, -0.15) is 0 Å². The van der Waals surface area contributed by atoms with E-state index in [0.717, 1.165) is 15.8 Å². The average molecular weight is 239 g/mol. The van der Waals surface area contributed by atoms with Crippen LogP contribution in [0, 0.1) is 11.8 Å². The second-order valence-corrected chi connectivity index (χ2v) is 5.28. The third kappa shape index (κ3) is 0.897. The Morgan fingerprint density at radius 2 is 2.00 bits per heavy atom. The molecular formula is C6H12IN2-. The van der Waals surface area contributed by atoms with Crippen LogP contribution in [0.2, 0.25) is 0 Å². The van der Waals surface area contributed by atoms with Gasteiger partial charge in [0.15, 0.2) is 0 Å². The van der Waals surface area contributed by atoms with Gasteiger partial charge in [0.25, 0.3) is 0 Å². The molecule has 0 spiro atoms. The molecule has 2 N–H and O–H groups in total. The van der Waals surface area contributed by atoms with Crippen LogP contribution in [0.25, 0.3) is 0 Å². The molecule has 2 fully saturated rings. The second-order valence-electron chi connectivity index (χ2n) is 3.12. The molecule has 1 saturated carbocycles. The van der Waals surface area contributed by atoms with Crippen LogP contribution in [-0.2, 0) is 0 Å². The zero-order chi connectivity index (χ0) is 6.43. The van der Waals surface area contributed by atoms with Gasteiger partial charge in [-0.15, -0.1) is 0 Å². The molecule has 0 amide bonds. The summed E-state index contributed by atoms with van der Waals surface area (Å²) in [5.41, 5.74) is 0. The van der Waals surface area contributed by atoms with E-state index >= 15 is 0 Å². The summed E-state index contributed by atoms with van der Waals surface area (Å²) in [6.45, 7) is 2.65. The molecule has 0 aromatic rings. The fraction of sp³-hybridized carbons (Fsp3) is 1.00. The van der Waals surface area contributed by atoms with Crippen molar-refractivity contribution in [1.82, 2.24) is 4.90 Å². The molecule has 54 valence electrons. The molecular weight excluding hydrogens is 227 g/mol. The van der Waals surface area contributed by atoms with Gasteiger partial charge >= 0.3 is 66.2 Å². The van der Waals surface area contributed by atoms with Crippen molar-refractivity contribution in [2.45, 2.75) is 3.92 Å². The maximum atomic E-state index is 5.66. The van der Waals surface area contributed by atoms with Crippen LogP contribution in [0.4, 0.5) is 0 Å². The summed E-state index contributed by atoms with van der Waals surface area (Å²) in [6, 6.07) is 0. The Hall–Kier alpha value is 0.650. The minimum absolute atomic E-state index is 0.0772. The number of likely N-dealkylation sites (tertiary alicyclic amines) is 1. The number of fused-ring (bicyclic) bond motifs is 1. The summed E-state index contributed by atoms with van der Waals surface area (Å²) in [7, 11) is 2.21. The van der Waals surface area contributed by atoms with Crippen molar-refractivity contribution in [2.75, 3.05) is 20.1 Å². The van der Waals surface area contributed by atoms with Crippen LogP contribution in [-0.4, -0.2) is 29.0 Å². The van der Waals surface area contributed by atoms with E-state index in [-0.39, 0.29) is 21.5 Å². The van der Waals surface area contributed by atoms with Crippen LogP contribution in [0.5, 0.6) is 0 Å². The third-order valence-electron chi connectivity index (χ3n) is 2.42. The summed E-state index contributed by atoms with van der Waals surface area (Å²) in [5.74, 6) is 2.04. The molecule has 2 atom stereocenters. The topological polar surface area (TPSA) is 29.3 Å². The standard InChI is InChI=1S/C6H12IN2/c1-9-2-4-5(3-9)6(4)7-8/h4-6H,2-3,8H2,1H3/q-1. The molecule has 9 heavy (non-hydrogen) atoms. The second kappa shape index (κ2) is 2.07. The van der Waals surface area contributed by atoms with E-state index in [1.807, 2.05) is 0 Å². The fourth-order valence-electron chi connectivity index (χ4n) is 1.85. The normalized spacial score (nSPS) is 49.8. The van der Waals surface area contributed by atoms with Crippen LogP contribution in [0.15, 0.2) is 0 Å². The van der Waals surface area contributed by atoms with E-state index in [9.17, 15) is 0 Å².